The van der Waals surface area contributed by atoms with Gasteiger partial charge in [-0.15, -0.1) is 0 Å². The standard InChI is InChI=1S/C15H21Cl2N/c1-15(8-4-3-5-9-15)14(18-2)11-6-7-12(16)13(17)10-11/h6-7,10,14,18H,3-5,8-9H2,1-2H3. The highest BCUT2D eigenvalue weighted by Crippen LogP contribution is 2.46. The lowest BCUT2D eigenvalue weighted by atomic mass is 9.68. The van der Waals surface area contributed by atoms with Crippen molar-refractivity contribution in [3.8, 4) is 0 Å². The lowest BCUT2D eigenvalue weighted by molar-refractivity contribution is 0.150. The van der Waals surface area contributed by atoms with Gasteiger partial charge in [-0.3, -0.25) is 0 Å². The first-order valence-corrected chi connectivity index (χ1v) is 7.45. The van der Waals surface area contributed by atoms with E-state index in [1.54, 1.807) is 0 Å². The van der Waals surface area contributed by atoms with Crippen LogP contribution < -0.4 is 5.32 Å². The van der Waals surface area contributed by atoms with Crippen LogP contribution in [-0.4, -0.2) is 7.05 Å². The number of hydrogen-bond acceptors (Lipinski definition) is 1. The van der Waals surface area contributed by atoms with Gasteiger partial charge in [0.05, 0.1) is 10.0 Å². The molecular formula is C15H21Cl2N. The molecule has 1 saturated carbocycles. The van der Waals surface area contributed by atoms with E-state index >= 15 is 0 Å². The minimum Gasteiger partial charge on any atom is -0.313 e. The third-order valence-corrected chi connectivity index (χ3v) is 5.00. The first kappa shape index (κ1) is 14.2. The van der Waals surface area contributed by atoms with Crippen LogP contribution in [0.2, 0.25) is 10.0 Å². The Morgan fingerprint density at radius 3 is 2.33 bits per heavy atom. The summed E-state index contributed by atoms with van der Waals surface area (Å²) in [5.74, 6) is 0. The Labute approximate surface area is 120 Å². The molecule has 0 aliphatic heterocycles. The topological polar surface area (TPSA) is 12.0 Å². The number of rotatable bonds is 3. The molecule has 0 amide bonds. The minimum atomic E-state index is 0.324. The smallest absolute Gasteiger partial charge is 0.0595 e. The summed E-state index contributed by atoms with van der Waals surface area (Å²) in [7, 11) is 2.03. The van der Waals surface area contributed by atoms with E-state index in [2.05, 4.69) is 18.3 Å². The lowest BCUT2D eigenvalue weighted by Crippen LogP contribution is -2.36. The number of halogens is 2. The van der Waals surface area contributed by atoms with Gasteiger partial charge in [-0.2, -0.15) is 0 Å². The summed E-state index contributed by atoms with van der Waals surface area (Å²) < 4.78 is 0. The van der Waals surface area contributed by atoms with Gasteiger partial charge in [0.1, 0.15) is 0 Å². The maximum absolute atomic E-state index is 6.14. The molecule has 1 N–H and O–H groups in total. The molecule has 1 unspecified atom stereocenters. The van der Waals surface area contributed by atoms with E-state index in [1.807, 2.05) is 19.2 Å². The van der Waals surface area contributed by atoms with Gasteiger partial charge in [0, 0.05) is 6.04 Å². The summed E-state index contributed by atoms with van der Waals surface area (Å²) in [6.07, 6.45) is 6.58. The third kappa shape index (κ3) is 2.84. The maximum Gasteiger partial charge on any atom is 0.0595 e. The van der Waals surface area contributed by atoms with Crippen LogP contribution in [0.4, 0.5) is 0 Å². The van der Waals surface area contributed by atoms with Crippen LogP contribution in [0.15, 0.2) is 18.2 Å². The number of benzene rings is 1. The third-order valence-electron chi connectivity index (χ3n) is 4.26. The van der Waals surface area contributed by atoms with Gasteiger partial charge in [-0.25, -0.2) is 0 Å². The van der Waals surface area contributed by atoms with Crippen molar-refractivity contribution in [2.75, 3.05) is 7.05 Å². The zero-order valence-electron chi connectivity index (χ0n) is 11.1. The second-order valence-electron chi connectivity index (χ2n) is 5.61. The fraction of sp³-hybridized carbons (Fsp3) is 0.600. The highest BCUT2D eigenvalue weighted by Gasteiger charge is 2.35. The van der Waals surface area contributed by atoms with E-state index in [4.69, 9.17) is 23.2 Å². The Morgan fingerprint density at radius 2 is 1.78 bits per heavy atom. The second kappa shape index (κ2) is 5.81. The lowest BCUT2D eigenvalue weighted by Gasteiger charge is -2.41. The van der Waals surface area contributed by atoms with Crippen molar-refractivity contribution in [3.63, 3.8) is 0 Å². The van der Waals surface area contributed by atoms with Gasteiger partial charge < -0.3 is 5.32 Å². The Balaban J connectivity index is 2.29. The van der Waals surface area contributed by atoms with Crippen LogP contribution in [0.1, 0.15) is 50.6 Å². The molecule has 0 radical (unpaired) electrons. The van der Waals surface area contributed by atoms with E-state index < -0.39 is 0 Å². The van der Waals surface area contributed by atoms with Crippen LogP contribution in [-0.2, 0) is 0 Å². The summed E-state index contributed by atoms with van der Waals surface area (Å²) in [5, 5.41) is 4.75. The van der Waals surface area contributed by atoms with Crippen molar-refractivity contribution in [2.24, 2.45) is 5.41 Å². The predicted octanol–water partition coefficient (Wildman–Crippen LogP) is 5.22. The summed E-state index contributed by atoms with van der Waals surface area (Å²) >= 11 is 12.1. The molecule has 18 heavy (non-hydrogen) atoms. The molecule has 1 aromatic rings. The van der Waals surface area contributed by atoms with Crippen LogP contribution >= 0.6 is 23.2 Å². The molecule has 1 fully saturated rings. The number of hydrogen-bond donors (Lipinski definition) is 1. The van der Waals surface area contributed by atoms with Crippen LogP contribution in [0.25, 0.3) is 0 Å². The average Bonchev–Trinajstić information content (AvgIpc) is 2.35. The summed E-state index contributed by atoms with van der Waals surface area (Å²) in [6.45, 7) is 2.38. The molecule has 0 saturated heterocycles. The van der Waals surface area contributed by atoms with Crippen molar-refractivity contribution < 1.29 is 0 Å². The SMILES string of the molecule is CNC(c1ccc(Cl)c(Cl)c1)C1(C)CCCCC1. The Morgan fingerprint density at radius 1 is 1.11 bits per heavy atom. The summed E-state index contributed by atoms with van der Waals surface area (Å²) in [4.78, 5) is 0. The van der Waals surface area contributed by atoms with Gasteiger partial charge in [0.15, 0.2) is 0 Å². The Hall–Kier alpha value is -0.240. The molecule has 100 valence electrons. The van der Waals surface area contributed by atoms with E-state index in [-0.39, 0.29) is 0 Å². The van der Waals surface area contributed by atoms with Gasteiger partial charge >= 0.3 is 0 Å². The first-order valence-electron chi connectivity index (χ1n) is 6.69. The summed E-state index contributed by atoms with van der Waals surface area (Å²) in [5.41, 5.74) is 1.57. The van der Waals surface area contributed by atoms with Crippen molar-refractivity contribution in [3.05, 3.63) is 33.8 Å². The maximum atomic E-state index is 6.14. The predicted molar refractivity (Wildman–Crippen MR) is 79.5 cm³/mol. The Bertz CT molecular complexity index is 411. The first-order chi connectivity index (χ1) is 8.57. The van der Waals surface area contributed by atoms with Gasteiger partial charge in [-0.1, -0.05) is 55.5 Å². The molecule has 3 heteroatoms. The second-order valence-corrected chi connectivity index (χ2v) is 6.42. The van der Waals surface area contributed by atoms with E-state index in [0.29, 0.717) is 21.5 Å². The summed E-state index contributed by atoms with van der Waals surface area (Å²) in [6, 6.07) is 6.35. The van der Waals surface area contributed by atoms with Crippen molar-refractivity contribution in [2.45, 2.75) is 45.1 Å². The van der Waals surface area contributed by atoms with E-state index in [9.17, 15) is 0 Å². The quantitative estimate of drug-likeness (QED) is 0.802. The molecule has 0 spiro atoms. The largest absolute Gasteiger partial charge is 0.313 e. The van der Waals surface area contributed by atoms with Crippen molar-refractivity contribution in [1.29, 1.82) is 0 Å². The molecule has 0 heterocycles. The van der Waals surface area contributed by atoms with Crippen LogP contribution in [0, 0.1) is 5.41 Å². The zero-order valence-corrected chi connectivity index (χ0v) is 12.6. The zero-order chi connectivity index (χ0) is 13.2. The van der Waals surface area contributed by atoms with Gasteiger partial charge in [-0.05, 0) is 43.0 Å². The normalized spacial score (nSPS) is 20.7. The highest BCUT2D eigenvalue weighted by atomic mass is 35.5. The Kier molecular flexibility index (Phi) is 4.58. The highest BCUT2D eigenvalue weighted by molar-refractivity contribution is 6.42. The molecule has 0 aromatic heterocycles. The minimum absolute atomic E-state index is 0.324. The fourth-order valence-electron chi connectivity index (χ4n) is 3.26. The monoisotopic (exact) mass is 285 g/mol. The van der Waals surface area contributed by atoms with E-state index in [0.717, 1.165) is 0 Å². The fourth-order valence-corrected chi connectivity index (χ4v) is 3.56. The van der Waals surface area contributed by atoms with Crippen molar-refractivity contribution in [1.82, 2.24) is 5.32 Å². The van der Waals surface area contributed by atoms with E-state index in [1.165, 1.54) is 37.7 Å². The molecular weight excluding hydrogens is 265 g/mol. The molecule has 0 bridgehead atoms. The molecule has 1 atom stereocenters. The van der Waals surface area contributed by atoms with Crippen LogP contribution in [0.3, 0.4) is 0 Å². The molecule has 2 rings (SSSR count). The van der Waals surface area contributed by atoms with Gasteiger partial charge in [0.25, 0.3) is 0 Å². The average molecular weight is 286 g/mol. The molecule has 1 nitrogen and oxygen atoms in total. The molecule has 1 aromatic carbocycles. The van der Waals surface area contributed by atoms with Crippen LogP contribution in [0.5, 0.6) is 0 Å². The molecule has 1 aliphatic carbocycles. The van der Waals surface area contributed by atoms with Crippen molar-refractivity contribution >= 4 is 23.2 Å². The van der Waals surface area contributed by atoms with Gasteiger partial charge in [0.2, 0.25) is 0 Å². The number of nitrogens with one attached hydrogen (secondary N) is 1. The molecule has 1 aliphatic rings.